The summed E-state index contributed by atoms with van der Waals surface area (Å²) in [5, 5.41) is 30.9. The summed E-state index contributed by atoms with van der Waals surface area (Å²) in [6.07, 6.45) is 1.20. The Kier molecular flexibility index (Phi) is 3.66. The van der Waals surface area contributed by atoms with E-state index in [0.717, 1.165) is 5.39 Å². The van der Waals surface area contributed by atoms with Gasteiger partial charge in [0.15, 0.2) is 5.75 Å². The number of pyridine rings is 1. The Hall–Kier alpha value is -2.18. The number of amides is 1. The van der Waals surface area contributed by atoms with Gasteiger partial charge in [0, 0.05) is 24.7 Å². The lowest BCUT2D eigenvalue weighted by molar-refractivity contribution is -0.0372. The number of rotatable bonds is 1. The van der Waals surface area contributed by atoms with Crippen molar-refractivity contribution in [1.82, 2.24) is 9.88 Å². The van der Waals surface area contributed by atoms with Crippen LogP contribution in [0.5, 0.6) is 5.75 Å². The lowest BCUT2D eigenvalue weighted by Gasteiger charge is -2.31. The Labute approximate surface area is 139 Å². The Morgan fingerprint density at radius 2 is 1.75 bits per heavy atom. The fraction of sp³-hybridized carbons (Fsp3) is 0.444. The molecule has 2 aromatic rings. The number of aromatic hydroxyl groups is 1. The highest BCUT2D eigenvalue weighted by atomic mass is 16.3. The van der Waals surface area contributed by atoms with E-state index in [4.69, 9.17) is 0 Å². The van der Waals surface area contributed by atoms with E-state index in [2.05, 4.69) is 4.98 Å². The fourth-order valence-corrected chi connectivity index (χ4v) is 4.05. The van der Waals surface area contributed by atoms with Gasteiger partial charge in [-0.1, -0.05) is 12.1 Å². The number of phenols is 1. The number of aromatic nitrogens is 1. The maximum absolute atomic E-state index is 12.8. The van der Waals surface area contributed by atoms with Crippen molar-refractivity contribution in [2.24, 2.45) is 11.8 Å². The van der Waals surface area contributed by atoms with E-state index in [1.165, 1.54) is 0 Å². The molecule has 4 rings (SSSR count). The summed E-state index contributed by atoms with van der Waals surface area (Å²) < 4.78 is 0. The molecule has 0 spiro atoms. The number of aliphatic hydroxyl groups excluding tert-OH is 2. The summed E-state index contributed by atoms with van der Waals surface area (Å²) in [5.74, 6) is 0.0904. The lowest BCUT2D eigenvalue weighted by atomic mass is 9.79. The zero-order valence-corrected chi connectivity index (χ0v) is 13.2. The van der Waals surface area contributed by atoms with Gasteiger partial charge in [-0.25, -0.2) is 0 Å². The normalized spacial score (nSPS) is 29.7. The molecule has 2 heterocycles. The summed E-state index contributed by atoms with van der Waals surface area (Å²) >= 11 is 0. The number of aliphatic hydroxyl groups is 2. The molecule has 6 heteroatoms. The molecule has 3 N–H and O–H groups in total. The second-order valence-corrected chi connectivity index (χ2v) is 6.87. The first kappa shape index (κ1) is 15.4. The smallest absolute Gasteiger partial charge is 0.257 e. The monoisotopic (exact) mass is 328 g/mol. The molecule has 2 fully saturated rings. The van der Waals surface area contributed by atoms with Gasteiger partial charge < -0.3 is 20.2 Å². The second kappa shape index (κ2) is 5.72. The van der Waals surface area contributed by atoms with Gasteiger partial charge in [-0.15, -0.1) is 0 Å². The second-order valence-electron chi connectivity index (χ2n) is 6.87. The molecule has 6 nitrogen and oxygen atoms in total. The third-order valence-electron chi connectivity index (χ3n) is 5.37. The topological polar surface area (TPSA) is 93.9 Å². The molecule has 0 unspecified atom stereocenters. The summed E-state index contributed by atoms with van der Waals surface area (Å²) in [4.78, 5) is 18.7. The first-order chi connectivity index (χ1) is 11.5. The van der Waals surface area contributed by atoms with E-state index >= 15 is 0 Å². The molecular formula is C18H20N2O4. The van der Waals surface area contributed by atoms with Gasteiger partial charge in [0.1, 0.15) is 5.52 Å². The van der Waals surface area contributed by atoms with Crippen molar-refractivity contribution in [3.05, 3.63) is 36.0 Å². The molecule has 0 radical (unpaired) electrons. The van der Waals surface area contributed by atoms with Crippen LogP contribution in [0.2, 0.25) is 0 Å². The number of carbonyl (C=O) groups excluding carboxylic acids is 1. The number of likely N-dealkylation sites (tertiary alicyclic amines) is 1. The van der Waals surface area contributed by atoms with Crippen molar-refractivity contribution in [1.29, 1.82) is 0 Å². The summed E-state index contributed by atoms with van der Waals surface area (Å²) in [7, 11) is 0. The van der Waals surface area contributed by atoms with Crippen LogP contribution >= 0.6 is 0 Å². The molecule has 1 aliphatic carbocycles. The molecule has 0 bridgehead atoms. The van der Waals surface area contributed by atoms with E-state index in [9.17, 15) is 20.1 Å². The number of hydrogen-bond donors (Lipinski definition) is 3. The average Bonchev–Trinajstić information content (AvgIpc) is 2.98. The molecule has 1 saturated heterocycles. The highest BCUT2D eigenvalue weighted by Gasteiger charge is 2.42. The highest BCUT2D eigenvalue weighted by Crippen LogP contribution is 2.38. The average molecular weight is 328 g/mol. The van der Waals surface area contributed by atoms with Gasteiger partial charge in [0.25, 0.3) is 5.91 Å². The Morgan fingerprint density at radius 1 is 1.08 bits per heavy atom. The highest BCUT2D eigenvalue weighted by molar-refractivity contribution is 6.02. The summed E-state index contributed by atoms with van der Waals surface area (Å²) in [5.41, 5.74) is 0.673. The SMILES string of the molecule is O=C(c1ccc2cccnc2c1O)N1C[C@H]2C[C@H](O)[C@@H](O)C[C@H]2C1. The molecular weight excluding hydrogens is 308 g/mol. The van der Waals surface area contributed by atoms with Crippen LogP contribution < -0.4 is 0 Å². The molecule has 1 aromatic heterocycles. The van der Waals surface area contributed by atoms with E-state index in [1.807, 2.05) is 6.07 Å². The number of phenolic OH excluding ortho intramolecular Hbond substituents is 1. The summed E-state index contributed by atoms with van der Waals surface area (Å²) in [6.45, 7) is 1.10. The molecule has 4 atom stereocenters. The van der Waals surface area contributed by atoms with Crippen LogP contribution in [0.1, 0.15) is 23.2 Å². The van der Waals surface area contributed by atoms with E-state index in [0.29, 0.717) is 31.4 Å². The van der Waals surface area contributed by atoms with Crippen molar-refractivity contribution >= 4 is 16.8 Å². The number of nitrogens with zero attached hydrogens (tertiary/aromatic N) is 2. The van der Waals surface area contributed by atoms with Crippen LogP contribution in [0.4, 0.5) is 0 Å². The van der Waals surface area contributed by atoms with E-state index < -0.39 is 12.2 Å². The van der Waals surface area contributed by atoms with Gasteiger partial charge in [0.2, 0.25) is 0 Å². The molecule has 2 aliphatic rings. The van der Waals surface area contributed by atoms with Gasteiger partial charge >= 0.3 is 0 Å². The minimum Gasteiger partial charge on any atom is -0.505 e. The van der Waals surface area contributed by atoms with Crippen molar-refractivity contribution in [2.75, 3.05) is 13.1 Å². The number of fused-ring (bicyclic) bond motifs is 2. The van der Waals surface area contributed by atoms with E-state index in [1.54, 1.807) is 29.3 Å². The van der Waals surface area contributed by atoms with Crippen LogP contribution in [0.25, 0.3) is 10.9 Å². The van der Waals surface area contributed by atoms with Gasteiger partial charge in [-0.2, -0.15) is 0 Å². The molecule has 24 heavy (non-hydrogen) atoms. The fourth-order valence-electron chi connectivity index (χ4n) is 4.05. The Balaban J connectivity index is 1.60. The predicted octanol–water partition coefficient (Wildman–Crippen LogP) is 1.14. The largest absolute Gasteiger partial charge is 0.505 e. The standard InChI is InChI=1S/C18H20N2O4/c21-14-6-11-8-20(9-12(11)7-15(14)22)18(24)13-4-3-10-2-1-5-19-16(10)17(13)23/h1-5,11-12,14-15,21-23H,6-9H2/t11-,12+,14-,15-/m0/s1. The van der Waals surface area contributed by atoms with Crippen molar-refractivity contribution in [2.45, 2.75) is 25.0 Å². The first-order valence-corrected chi connectivity index (χ1v) is 8.26. The van der Waals surface area contributed by atoms with Crippen LogP contribution in [-0.4, -0.2) is 56.4 Å². The maximum atomic E-state index is 12.8. The number of hydrogen-bond acceptors (Lipinski definition) is 5. The predicted molar refractivity (Wildman–Crippen MR) is 87.5 cm³/mol. The number of carbonyl (C=O) groups is 1. The minimum atomic E-state index is -0.709. The molecule has 126 valence electrons. The van der Waals surface area contributed by atoms with Crippen molar-refractivity contribution in [3.63, 3.8) is 0 Å². The third kappa shape index (κ3) is 2.42. The van der Waals surface area contributed by atoms with E-state index in [-0.39, 0.29) is 29.1 Å². The minimum absolute atomic E-state index is 0.0898. The van der Waals surface area contributed by atoms with Crippen LogP contribution in [0.15, 0.2) is 30.5 Å². The molecule has 1 aliphatic heterocycles. The third-order valence-corrected chi connectivity index (χ3v) is 5.37. The van der Waals surface area contributed by atoms with Crippen molar-refractivity contribution < 1.29 is 20.1 Å². The number of benzene rings is 1. The molecule has 1 saturated carbocycles. The quantitative estimate of drug-likeness (QED) is 0.730. The molecule has 1 amide bonds. The van der Waals surface area contributed by atoms with Crippen LogP contribution in [0, 0.1) is 11.8 Å². The molecule has 1 aromatic carbocycles. The van der Waals surface area contributed by atoms with Gasteiger partial charge in [0.05, 0.1) is 17.8 Å². The Morgan fingerprint density at radius 3 is 2.42 bits per heavy atom. The zero-order valence-electron chi connectivity index (χ0n) is 13.2. The Bertz CT molecular complexity index is 776. The van der Waals surface area contributed by atoms with Crippen molar-refractivity contribution in [3.8, 4) is 5.75 Å². The van der Waals surface area contributed by atoms with Gasteiger partial charge in [-0.3, -0.25) is 9.78 Å². The maximum Gasteiger partial charge on any atom is 0.257 e. The zero-order chi connectivity index (χ0) is 16.8. The lowest BCUT2D eigenvalue weighted by Crippen LogP contribution is -2.38. The van der Waals surface area contributed by atoms with Crippen LogP contribution in [-0.2, 0) is 0 Å². The van der Waals surface area contributed by atoms with Crippen LogP contribution in [0.3, 0.4) is 0 Å². The summed E-state index contributed by atoms with van der Waals surface area (Å²) in [6, 6.07) is 7.04. The van der Waals surface area contributed by atoms with Gasteiger partial charge in [-0.05, 0) is 36.8 Å². The first-order valence-electron chi connectivity index (χ1n) is 8.26.